The molecule has 0 aliphatic heterocycles. The van der Waals surface area contributed by atoms with Gasteiger partial charge in [-0.1, -0.05) is 31.4 Å². The number of aryl methyl sites for hydroxylation is 2. The van der Waals surface area contributed by atoms with Crippen molar-refractivity contribution >= 4 is 17.7 Å². The number of fused-ring (bicyclic) bond motifs is 1. The van der Waals surface area contributed by atoms with E-state index < -0.39 is 12.1 Å². The molecule has 0 heterocycles. The predicted octanol–water partition coefficient (Wildman–Crippen LogP) is 3.52. The molecule has 1 saturated carbocycles. The minimum absolute atomic E-state index is 0.00301. The summed E-state index contributed by atoms with van der Waals surface area (Å²) < 4.78 is 5.21. The molecule has 0 radical (unpaired) electrons. The number of hydrogen-bond donors (Lipinski definition) is 1. The van der Waals surface area contributed by atoms with Crippen LogP contribution in [-0.4, -0.2) is 29.8 Å². The second-order valence-electron chi connectivity index (χ2n) is 7.74. The van der Waals surface area contributed by atoms with Gasteiger partial charge in [0.25, 0.3) is 5.91 Å². The summed E-state index contributed by atoms with van der Waals surface area (Å²) in [6.45, 7) is 1.58. The summed E-state index contributed by atoms with van der Waals surface area (Å²) >= 11 is 0. The fourth-order valence-electron chi connectivity index (χ4n) is 3.98. The summed E-state index contributed by atoms with van der Waals surface area (Å²) in [7, 11) is 0. The van der Waals surface area contributed by atoms with Crippen LogP contribution in [0.1, 0.15) is 79.8 Å². The van der Waals surface area contributed by atoms with E-state index in [0.717, 1.165) is 44.9 Å². The van der Waals surface area contributed by atoms with E-state index in [1.54, 1.807) is 6.92 Å². The van der Waals surface area contributed by atoms with Crippen molar-refractivity contribution in [2.75, 3.05) is 0 Å². The standard InChI is InChI=1S/C22H29NO4/c1-15(22(26)23-19-8-3-2-4-9-19)27-21(25)13-12-20(24)18-11-10-16-6-5-7-17(16)14-18/h10-11,14-15,19H,2-9,12-13H2,1H3,(H,23,26)/t15-/m0/s1. The number of Topliss-reactive ketones (excluding diaryl/α,β-unsaturated/α-hetero) is 1. The molecule has 0 saturated heterocycles. The van der Waals surface area contributed by atoms with E-state index >= 15 is 0 Å². The highest BCUT2D eigenvalue weighted by atomic mass is 16.5. The van der Waals surface area contributed by atoms with E-state index in [-0.39, 0.29) is 30.6 Å². The van der Waals surface area contributed by atoms with Gasteiger partial charge in [0, 0.05) is 18.0 Å². The second-order valence-corrected chi connectivity index (χ2v) is 7.74. The van der Waals surface area contributed by atoms with Crippen molar-refractivity contribution in [3.63, 3.8) is 0 Å². The molecule has 1 aromatic rings. The molecule has 1 N–H and O–H groups in total. The van der Waals surface area contributed by atoms with E-state index in [0.29, 0.717) is 5.56 Å². The van der Waals surface area contributed by atoms with Gasteiger partial charge in [-0.05, 0) is 56.2 Å². The number of hydrogen-bond acceptors (Lipinski definition) is 4. The van der Waals surface area contributed by atoms with Crippen molar-refractivity contribution < 1.29 is 19.1 Å². The van der Waals surface area contributed by atoms with Crippen LogP contribution in [-0.2, 0) is 27.2 Å². The van der Waals surface area contributed by atoms with Crippen LogP contribution in [0.4, 0.5) is 0 Å². The molecular weight excluding hydrogens is 342 g/mol. The quantitative estimate of drug-likeness (QED) is 0.588. The Kier molecular flexibility index (Phi) is 6.64. The maximum absolute atomic E-state index is 12.3. The van der Waals surface area contributed by atoms with Crippen LogP contribution in [0.25, 0.3) is 0 Å². The summed E-state index contributed by atoms with van der Waals surface area (Å²) in [5.41, 5.74) is 3.23. The monoisotopic (exact) mass is 371 g/mol. The van der Waals surface area contributed by atoms with Crippen LogP contribution in [0.3, 0.4) is 0 Å². The lowest BCUT2D eigenvalue weighted by Gasteiger charge is -2.24. The Morgan fingerprint density at radius 2 is 1.78 bits per heavy atom. The largest absolute Gasteiger partial charge is 0.453 e. The van der Waals surface area contributed by atoms with Gasteiger partial charge in [0.2, 0.25) is 0 Å². The minimum atomic E-state index is -0.825. The number of nitrogens with one attached hydrogen (secondary N) is 1. The lowest BCUT2D eigenvalue weighted by atomic mass is 9.95. The SMILES string of the molecule is C[C@H](OC(=O)CCC(=O)c1ccc2c(c1)CCC2)C(=O)NC1CCCCC1. The molecule has 2 aliphatic carbocycles. The van der Waals surface area contributed by atoms with E-state index in [2.05, 4.69) is 5.32 Å². The van der Waals surface area contributed by atoms with Gasteiger partial charge in [0.05, 0.1) is 6.42 Å². The molecule has 5 nitrogen and oxygen atoms in total. The minimum Gasteiger partial charge on any atom is -0.453 e. The fraction of sp³-hybridized carbons (Fsp3) is 0.591. The molecule has 1 fully saturated rings. The Labute approximate surface area is 160 Å². The van der Waals surface area contributed by atoms with Gasteiger partial charge in [-0.3, -0.25) is 14.4 Å². The van der Waals surface area contributed by atoms with Gasteiger partial charge in [-0.25, -0.2) is 0 Å². The van der Waals surface area contributed by atoms with Crippen molar-refractivity contribution in [3.8, 4) is 0 Å². The number of amides is 1. The molecule has 1 atom stereocenters. The third-order valence-electron chi connectivity index (χ3n) is 5.61. The molecule has 0 aromatic heterocycles. The van der Waals surface area contributed by atoms with Gasteiger partial charge in [0.1, 0.15) is 0 Å². The Bertz CT molecular complexity index is 706. The maximum atomic E-state index is 12.3. The van der Waals surface area contributed by atoms with Crippen molar-refractivity contribution in [2.45, 2.75) is 83.3 Å². The zero-order chi connectivity index (χ0) is 19.2. The third-order valence-corrected chi connectivity index (χ3v) is 5.61. The zero-order valence-electron chi connectivity index (χ0n) is 16.1. The maximum Gasteiger partial charge on any atom is 0.307 e. The number of ether oxygens (including phenoxy) is 1. The Balaban J connectivity index is 1.42. The highest BCUT2D eigenvalue weighted by molar-refractivity contribution is 5.98. The number of rotatable bonds is 7. The van der Waals surface area contributed by atoms with Crippen LogP contribution >= 0.6 is 0 Å². The van der Waals surface area contributed by atoms with Crippen LogP contribution in [0.2, 0.25) is 0 Å². The van der Waals surface area contributed by atoms with Crippen LogP contribution in [0.5, 0.6) is 0 Å². The highest BCUT2D eigenvalue weighted by Gasteiger charge is 2.23. The normalized spacial score (nSPS) is 17.8. The zero-order valence-corrected chi connectivity index (χ0v) is 16.1. The van der Waals surface area contributed by atoms with Crippen molar-refractivity contribution in [1.82, 2.24) is 5.32 Å². The average Bonchev–Trinajstić information content (AvgIpc) is 3.14. The lowest BCUT2D eigenvalue weighted by molar-refractivity contribution is -0.155. The van der Waals surface area contributed by atoms with E-state index in [9.17, 15) is 14.4 Å². The summed E-state index contributed by atoms with van der Waals surface area (Å²) in [4.78, 5) is 36.5. The van der Waals surface area contributed by atoms with Gasteiger partial charge < -0.3 is 10.1 Å². The number of benzene rings is 1. The molecule has 5 heteroatoms. The Hall–Kier alpha value is -2.17. The molecule has 0 bridgehead atoms. The molecule has 3 rings (SSSR count). The number of carbonyl (C=O) groups is 3. The number of esters is 1. The molecule has 2 aliphatic rings. The highest BCUT2D eigenvalue weighted by Crippen LogP contribution is 2.23. The molecular formula is C22H29NO4. The van der Waals surface area contributed by atoms with Crippen LogP contribution < -0.4 is 5.32 Å². The molecule has 1 aromatic carbocycles. The van der Waals surface area contributed by atoms with Crippen LogP contribution in [0.15, 0.2) is 18.2 Å². The van der Waals surface area contributed by atoms with Gasteiger partial charge in [0.15, 0.2) is 11.9 Å². The van der Waals surface area contributed by atoms with E-state index in [4.69, 9.17) is 4.74 Å². The Morgan fingerprint density at radius 3 is 2.56 bits per heavy atom. The first kappa shape index (κ1) is 19.6. The summed E-state index contributed by atoms with van der Waals surface area (Å²) in [6.07, 6.45) is 7.97. The first-order chi connectivity index (χ1) is 13.0. The molecule has 0 spiro atoms. The number of carbonyl (C=O) groups excluding carboxylic acids is 3. The van der Waals surface area contributed by atoms with Gasteiger partial charge >= 0.3 is 5.97 Å². The van der Waals surface area contributed by atoms with E-state index in [1.165, 1.54) is 17.5 Å². The second kappa shape index (κ2) is 9.16. The van der Waals surface area contributed by atoms with Crippen molar-refractivity contribution in [3.05, 3.63) is 34.9 Å². The van der Waals surface area contributed by atoms with Crippen molar-refractivity contribution in [1.29, 1.82) is 0 Å². The lowest BCUT2D eigenvalue weighted by Crippen LogP contribution is -2.42. The fourth-order valence-corrected chi connectivity index (χ4v) is 3.98. The average molecular weight is 371 g/mol. The van der Waals surface area contributed by atoms with E-state index in [1.807, 2.05) is 18.2 Å². The summed E-state index contributed by atoms with van der Waals surface area (Å²) in [5, 5.41) is 2.96. The van der Waals surface area contributed by atoms with Gasteiger partial charge in [-0.15, -0.1) is 0 Å². The first-order valence-corrected chi connectivity index (χ1v) is 10.2. The topological polar surface area (TPSA) is 72.5 Å². The number of ketones is 1. The molecule has 0 unspecified atom stereocenters. The summed E-state index contributed by atoms with van der Waals surface area (Å²) in [5.74, 6) is -0.808. The summed E-state index contributed by atoms with van der Waals surface area (Å²) in [6, 6.07) is 6.01. The van der Waals surface area contributed by atoms with Crippen LogP contribution in [0, 0.1) is 0 Å². The third kappa shape index (κ3) is 5.41. The smallest absolute Gasteiger partial charge is 0.307 e. The van der Waals surface area contributed by atoms with Crippen molar-refractivity contribution in [2.24, 2.45) is 0 Å². The molecule has 146 valence electrons. The molecule has 27 heavy (non-hydrogen) atoms. The predicted molar refractivity (Wildman–Crippen MR) is 103 cm³/mol. The molecule has 1 amide bonds. The first-order valence-electron chi connectivity index (χ1n) is 10.2. The van der Waals surface area contributed by atoms with Gasteiger partial charge in [-0.2, -0.15) is 0 Å². The Morgan fingerprint density at radius 1 is 1.04 bits per heavy atom.